The van der Waals surface area contributed by atoms with Crippen molar-refractivity contribution in [3.8, 4) is 0 Å². The van der Waals surface area contributed by atoms with Crippen LogP contribution in [-0.2, 0) is 5.41 Å². The molecule has 0 atom stereocenters. The molecule has 0 aliphatic heterocycles. The lowest BCUT2D eigenvalue weighted by atomic mass is 9.78. The van der Waals surface area contributed by atoms with E-state index in [-0.39, 0.29) is 11.0 Å². The van der Waals surface area contributed by atoms with E-state index in [1.54, 1.807) is 0 Å². The van der Waals surface area contributed by atoms with Gasteiger partial charge in [-0.25, -0.2) is 0 Å². The second kappa shape index (κ2) is 5.22. The van der Waals surface area contributed by atoms with Gasteiger partial charge in [0.05, 0.1) is 0 Å². The van der Waals surface area contributed by atoms with Crippen LogP contribution >= 0.6 is 11.6 Å². The summed E-state index contributed by atoms with van der Waals surface area (Å²) in [6, 6.07) is 8.43. The molecular weight excluding hydrogens is 242 g/mol. The van der Waals surface area contributed by atoms with Crippen molar-refractivity contribution in [3.05, 3.63) is 34.9 Å². The van der Waals surface area contributed by atoms with Gasteiger partial charge in [0.2, 0.25) is 0 Å². The third kappa shape index (κ3) is 3.27. The molecule has 0 unspecified atom stereocenters. The zero-order valence-corrected chi connectivity index (χ0v) is 12.5. The largest absolute Gasteiger partial charge is 0.311 e. The molecule has 18 heavy (non-hydrogen) atoms. The van der Waals surface area contributed by atoms with Crippen LogP contribution in [0.3, 0.4) is 0 Å². The Morgan fingerprint density at radius 1 is 1.22 bits per heavy atom. The van der Waals surface area contributed by atoms with E-state index in [4.69, 9.17) is 11.6 Å². The number of halogens is 1. The van der Waals surface area contributed by atoms with Crippen LogP contribution in [0, 0.1) is 0 Å². The van der Waals surface area contributed by atoms with Crippen LogP contribution < -0.4 is 5.32 Å². The van der Waals surface area contributed by atoms with Gasteiger partial charge in [-0.2, -0.15) is 0 Å². The third-order valence-corrected chi connectivity index (χ3v) is 4.19. The van der Waals surface area contributed by atoms with Crippen LogP contribution in [0.2, 0.25) is 5.02 Å². The molecule has 2 heteroatoms. The molecule has 0 radical (unpaired) electrons. The van der Waals surface area contributed by atoms with E-state index in [0.717, 1.165) is 11.6 Å². The van der Waals surface area contributed by atoms with Crippen LogP contribution in [0.5, 0.6) is 0 Å². The summed E-state index contributed by atoms with van der Waals surface area (Å²) in [5.41, 5.74) is 1.87. The van der Waals surface area contributed by atoms with Gasteiger partial charge in [0, 0.05) is 22.5 Å². The molecule has 0 heterocycles. The molecule has 1 aromatic carbocycles. The minimum absolute atomic E-state index is 0.175. The first-order valence-corrected chi connectivity index (χ1v) is 7.30. The van der Waals surface area contributed by atoms with E-state index in [2.05, 4.69) is 44.3 Å². The lowest BCUT2D eigenvalue weighted by molar-refractivity contribution is 0.333. The molecular formula is C16H24ClN. The molecule has 1 nitrogen and oxygen atoms in total. The molecule has 1 aliphatic carbocycles. The molecule has 2 rings (SSSR count). The fraction of sp³-hybridized carbons (Fsp3) is 0.625. The molecule has 100 valence electrons. The molecule has 1 aromatic rings. The Balaban J connectivity index is 2.21. The Kier molecular flexibility index (Phi) is 4.03. The molecule has 1 saturated carbocycles. The van der Waals surface area contributed by atoms with E-state index in [1.807, 2.05) is 6.07 Å². The highest BCUT2D eigenvalue weighted by atomic mass is 35.5. The fourth-order valence-electron chi connectivity index (χ4n) is 2.87. The van der Waals surface area contributed by atoms with Crippen LogP contribution in [-0.4, -0.2) is 12.1 Å². The maximum atomic E-state index is 6.15. The highest BCUT2D eigenvalue weighted by Crippen LogP contribution is 2.41. The minimum atomic E-state index is 0.175. The molecule has 0 aromatic heterocycles. The van der Waals surface area contributed by atoms with Crippen molar-refractivity contribution in [3.63, 3.8) is 0 Å². The number of nitrogens with one attached hydrogen (secondary N) is 1. The summed E-state index contributed by atoms with van der Waals surface area (Å²) in [5, 5.41) is 4.54. The second-order valence-electron chi connectivity index (χ2n) is 6.60. The monoisotopic (exact) mass is 265 g/mol. The number of hydrogen-bond donors (Lipinski definition) is 1. The first kappa shape index (κ1) is 13.9. The predicted molar refractivity (Wildman–Crippen MR) is 79.4 cm³/mol. The van der Waals surface area contributed by atoms with Gasteiger partial charge < -0.3 is 5.32 Å². The third-order valence-electron chi connectivity index (χ3n) is 3.95. The van der Waals surface area contributed by atoms with Crippen LogP contribution in [0.25, 0.3) is 0 Å². The van der Waals surface area contributed by atoms with Crippen LogP contribution in [0.4, 0.5) is 0 Å². The van der Waals surface area contributed by atoms with Gasteiger partial charge in [-0.1, -0.05) is 36.6 Å². The molecule has 1 aliphatic rings. The van der Waals surface area contributed by atoms with Crippen molar-refractivity contribution in [2.24, 2.45) is 0 Å². The van der Waals surface area contributed by atoms with Gasteiger partial charge in [0.25, 0.3) is 0 Å². The number of benzene rings is 1. The molecule has 0 spiro atoms. The summed E-state index contributed by atoms with van der Waals surface area (Å²) < 4.78 is 0. The van der Waals surface area contributed by atoms with E-state index in [0.29, 0.717) is 0 Å². The van der Waals surface area contributed by atoms with Crippen molar-refractivity contribution >= 4 is 11.6 Å². The van der Waals surface area contributed by atoms with Gasteiger partial charge >= 0.3 is 0 Å². The Morgan fingerprint density at radius 3 is 2.44 bits per heavy atom. The lowest BCUT2D eigenvalue weighted by Gasteiger charge is -2.34. The highest BCUT2D eigenvalue weighted by Gasteiger charge is 2.36. The first-order valence-electron chi connectivity index (χ1n) is 6.92. The summed E-state index contributed by atoms with van der Waals surface area (Å²) in [6.07, 6.45) is 5.21. The Hall–Kier alpha value is -0.530. The summed E-state index contributed by atoms with van der Waals surface area (Å²) >= 11 is 6.15. The number of hydrogen-bond acceptors (Lipinski definition) is 1. The van der Waals surface area contributed by atoms with E-state index < -0.39 is 0 Å². The van der Waals surface area contributed by atoms with Crippen molar-refractivity contribution in [2.75, 3.05) is 6.54 Å². The lowest BCUT2D eigenvalue weighted by Crippen LogP contribution is -2.45. The zero-order chi connectivity index (χ0) is 13.2. The molecule has 0 saturated heterocycles. The SMILES string of the molecule is CC(C)(C)NCC1(c2cccc(Cl)c2)CCCC1. The Morgan fingerprint density at radius 2 is 1.89 bits per heavy atom. The Bertz CT molecular complexity index is 400. The second-order valence-corrected chi connectivity index (χ2v) is 7.04. The van der Waals surface area contributed by atoms with Gasteiger partial charge in [-0.15, -0.1) is 0 Å². The first-order chi connectivity index (χ1) is 8.41. The normalized spacial score (nSPS) is 19.1. The maximum absolute atomic E-state index is 6.15. The summed E-state index contributed by atoms with van der Waals surface area (Å²) in [7, 11) is 0. The molecule has 1 N–H and O–H groups in total. The van der Waals surface area contributed by atoms with Crippen molar-refractivity contribution in [1.29, 1.82) is 0 Å². The van der Waals surface area contributed by atoms with Crippen LogP contribution in [0.15, 0.2) is 24.3 Å². The zero-order valence-electron chi connectivity index (χ0n) is 11.7. The smallest absolute Gasteiger partial charge is 0.0408 e. The Labute approximate surface area is 116 Å². The summed E-state index contributed by atoms with van der Waals surface area (Å²) in [4.78, 5) is 0. The standard InChI is InChI=1S/C16H24ClN/c1-15(2,3)18-12-16(9-4-5-10-16)13-7-6-8-14(17)11-13/h6-8,11,18H,4-5,9-10,12H2,1-3H3. The van der Waals surface area contributed by atoms with Gasteiger partial charge in [-0.3, -0.25) is 0 Å². The summed E-state index contributed by atoms with van der Waals surface area (Å²) in [5.74, 6) is 0. The summed E-state index contributed by atoms with van der Waals surface area (Å²) in [6.45, 7) is 7.74. The van der Waals surface area contributed by atoms with E-state index >= 15 is 0 Å². The van der Waals surface area contributed by atoms with Gasteiger partial charge in [-0.05, 0) is 51.3 Å². The van der Waals surface area contributed by atoms with Crippen molar-refractivity contribution < 1.29 is 0 Å². The minimum Gasteiger partial charge on any atom is -0.311 e. The number of rotatable bonds is 3. The van der Waals surface area contributed by atoms with E-state index in [1.165, 1.54) is 31.2 Å². The topological polar surface area (TPSA) is 12.0 Å². The highest BCUT2D eigenvalue weighted by molar-refractivity contribution is 6.30. The van der Waals surface area contributed by atoms with Gasteiger partial charge in [0.1, 0.15) is 0 Å². The average molecular weight is 266 g/mol. The van der Waals surface area contributed by atoms with E-state index in [9.17, 15) is 0 Å². The van der Waals surface area contributed by atoms with Crippen molar-refractivity contribution in [2.45, 2.75) is 57.4 Å². The maximum Gasteiger partial charge on any atom is 0.0408 e. The van der Waals surface area contributed by atoms with Gasteiger partial charge in [0.15, 0.2) is 0 Å². The quantitative estimate of drug-likeness (QED) is 0.846. The molecule has 1 fully saturated rings. The fourth-order valence-corrected chi connectivity index (χ4v) is 3.06. The average Bonchev–Trinajstić information content (AvgIpc) is 2.75. The van der Waals surface area contributed by atoms with Crippen molar-refractivity contribution in [1.82, 2.24) is 5.32 Å². The molecule has 0 amide bonds. The predicted octanol–water partition coefficient (Wildman–Crippen LogP) is 4.54. The van der Waals surface area contributed by atoms with Crippen LogP contribution in [0.1, 0.15) is 52.0 Å². The molecule has 0 bridgehead atoms.